The molecule has 0 bridgehead atoms. The number of carboxylic acid groups (broad SMARTS) is 1. The van der Waals surface area contributed by atoms with Gasteiger partial charge in [-0.25, -0.2) is 4.79 Å². The maximum atomic E-state index is 11.7. The van der Waals surface area contributed by atoms with Crippen molar-refractivity contribution >= 4 is 11.9 Å². The lowest BCUT2D eigenvalue weighted by Crippen LogP contribution is -2.33. The molecule has 0 heterocycles. The van der Waals surface area contributed by atoms with Gasteiger partial charge in [0.05, 0.1) is 5.56 Å². The molecule has 0 aliphatic heterocycles. The van der Waals surface area contributed by atoms with Crippen LogP contribution in [0.3, 0.4) is 0 Å². The van der Waals surface area contributed by atoms with E-state index in [1.807, 2.05) is 6.92 Å². The van der Waals surface area contributed by atoms with Gasteiger partial charge in [-0.1, -0.05) is 12.1 Å². The zero-order chi connectivity index (χ0) is 15.0. The zero-order valence-electron chi connectivity index (χ0n) is 11.9. The molecular weight excluding hydrogens is 258 g/mol. The van der Waals surface area contributed by atoms with E-state index in [0.717, 1.165) is 12.0 Å². The fourth-order valence-electron chi connectivity index (χ4n) is 1.79. The Morgan fingerprint density at radius 2 is 1.95 bits per heavy atom. The van der Waals surface area contributed by atoms with E-state index in [2.05, 4.69) is 5.32 Å². The number of aromatic carboxylic acids is 1. The lowest BCUT2D eigenvalue weighted by Gasteiger charge is -2.13. The molecule has 0 saturated carbocycles. The van der Waals surface area contributed by atoms with Crippen molar-refractivity contribution in [3.05, 3.63) is 35.4 Å². The van der Waals surface area contributed by atoms with Crippen LogP contribution in [0.5, 0.6) is 0 Å². The molecule has 110 valence electrons. The van der Waals surface area contributed by atoms with Gasteiger partial charge in [-0.2, -0.15) is 0 Å². The number of rotatable bonds is 8. The number of aryl methyl sites for hydroxylation is 1. The predicted molar refractivity (Wildman–Crippen MR) is 75.8 cm³/mol. The minimum atomic E-state index is -0.943. The summed E-state index contributed by atoms with van der Waals surface area (Å²) in [7, 11) is 1.63. The minimum Gasteiger partial charge on any atom is -0.478 e. The van der Waals surface area contributed by atoms with Crippen LogP contribution in [0.2, 0.25) is 0 Å². The van der Waals surface area contributed by atoms with Crippen LogP contribution in [0.4, 0.5) is 0 Å². The van der Waals surface area contributed by atoms with Crippen LogP contribution in [0, 0.1) is 0 Å². The molecule has 2 N–H and O–H groups in total. The molecule has 1 aromatic carbocycles. The molecule has 0 aliphatic rings. The van der Waals surface area contributed by atoms with Gasteiger partial charge in [-0.3, -0.25) is 4.79 Å². The summed E-state index contributed by atoms with van der Waals surface area (Å²) < 4.78 is 4.95. The highest BCUT2D eigenvalue weighted by atomic mass is 16.5. The summed E-state index contributed by atoms with van der Waals surface area (Å²) in [6.45, 7) is 2.57. The Bertz CT molecular complexity index is 442. The summed E-state index contributed by atoms with van der Waals surface area (Å²) in [4.78, 5) is 22.4. The number of benzene rings is 1. The van der Waals surface area contributed by atoms with E-state index in [-0.39, 0.29) is 17.5 Å². The van der Waals surface area contributed by atoms with E-state index in [1.165, 1.54) is 0 Å². The average molecular weight is 279 g/mol. The SMILES string of the molecule is COCCC(C)NC(=O)CCc1ccc(C(=O)O)cc1. The first-order chi connectivity index (χ1) is 9.52. The van der Waals surface area contributed by atoms with Gasteiger partial charge in [0, 0.05) is 26.2 Å². The van der Waals surface area contributed by atoms with Crippen LogP contribution in [-0.4, -0.2) is 36.7 Å². The average Bonchev–Trinajstić information content (AvgIpc) is 2.43. The Morgan fingerprint density at radius 1 is 1.30 bits per heavy atom. The third-order valence-corrected chi connectivity index (χ3v) is 3.00. The second kappa shape index (κ2) is 8.32. The molecule has 0 spiro atoms. The van der Waals surface area contributed by atoms with Gasteiger partial charge in [-0.05, 0) is 37.5 Å². The molecule has 1 rings (SSSR count). The third-order valence-electron chi connectivity index (χ3n) is 3.00. The monoisotopic (exact) mass is 279 g/mol. The third kappa shape index (κ3) is 5.84. The number of amides is 1. The highest BCUT2D eigenvalue weighted by Crippen LogP contribution is 2.07. The standard InChI is InChI=1S/C15H21NO4/c1-11(9-10-20-2)16-14(17)8-5-12-3-6-13(7-4-12)15(18)19/h3-4,6-7,11H,5,8-10H2,1-2H3,(H,16,17)(H,18,19). The summed E-state index contributed by atoms with van der Waals surface area (Å²) in [5, 5.41) is 11.7. The maximum Gasteiger partial charge on any atom is 0.335 e. The van der Waals surface area contributed by atoms with E-state index >= 15 is 0 Å². The largest absolute Gasteiger partial charge is 0.478 e. The van der Waals surface area contributed by atoms with E-state index in [0.29, 0.717) is 19.4 Å². The zero-order valence-corrected chi connectivity index (χ0v) is 11.9. The van der Waals surface area contributed by atoms with Gasteiger partial charge in [-0.15, -0.1) is 0 Å². The summed E-state index contributed by atoms with van der Waals surface area (Å²) in [6, 6.07) is 6.68. The van der Waals surface area contributed by atoms with Crippen molar-refractivity contribution < 1.29 is 19.4 Å². The van der Waals surface area contributed by atoms with Gasteiger partial charge in [0.1, 0.15) is 0 Å². The van der Waals surface area contributed by atoms with Crippen LogP contribution in [0.15, 0.2) is 24.3 Å². The van der Waals surface area contributed by atoms with Gasteiger partial charge >= 0.3 is 5.97 Å². The lowest BCUT2D eigenvalue weighted by atomic mass is 10.1. The Labute approximate surface area is 118 Å². The fourth-order valence-corrected chi connectivity index (χ4v) is 1.79. The van der Waals surface area contributed by atoms with Gasteiger partial charge < -0.3 is 15.2 Å². The first kappa shape index (κ1) is 16.2. The molecule has 1 atom stereocenters. The molecular formula is C15H21NO4. The molecule has 0 aromatic heterocycles. The normalized spacial score (nSPS) is 11.9. The molecule has 0 fully saturated rings. The molecule has 5 heteroatoms. The highest BCUT2D eigenvalue weighted by Gasteiger charge is 2.08. The van der Waals surface area contributed by atoms with Crippen LogP contribution < -0.4 is 5.32 Å². The van der Waals surface area contributed by atoms with Crippen LogP contribution in [0.25, 0.3) is 0 Å². The maximum absolute atomic E-state index is 11.7. The van der Waals surface area contributed by atoms with Crippen molar-refractivity contribution in [2.24, 2.45) is 0 Å². The topological polar surface area (TPSA) is 75.6 Å². The molecule has 0 radical (unpaired) electrons. The number of nitrogens with one attached hydrogen (secondary N) is 1. The molecule has 1 aromatic rings. The van der Waals surface area contributed by atoms with E-state index in [1.54, 1.807) is 31.4 Å². The summed E-state index contributed by atoms with van der Waals surface area (Å²) in [5.41, 5.74) is 1.21. The van der Waals surface area contributed by atoms with Crippen molar-refractivity contribution in [1.29, 1.82) is 0 Å². The van der Waals surface area contributed by atoms with Crippen molar-refractivity contribution in [3.8, 4) is 0 Å². The van der Waals surface area contributed by atoms with Crippen LogP contribution >= 0.6 is 0 Å². The number of carbonyl (C=O) groups excluding carboxylic acids is 1. The van der Waals surface area contributed by atoms with E-state index < -0.39 is 5.97 Å². The number of carboxylic acids is 1. The van der Waals surface area contributed by atoms with Gasteiger partial charge in [0.2, 0.25) is 5.91 Å². The van der Waals surface area contributed by atoms with Crippen molar-refractivity contribution in [2.75, 3.05) is 13.7 Å². The molecule has 0 saturated heterocycles. The Hall–Kier alpha value is -1.88. The smallest absolute Gasteiger partial charge is 0.335 e. The number of hydrogen-bond donors (Lipinski definition) is 2. The molecule has 20 heavy (non-hydrogen) atoms. The first-order valence-electron chi connectivity index (χ1n) is 6.63. The molecule has 5 nitrogen and oxygen atoms in total. The molecule has 1 amide bonds. The van der Waals surface area contributed by atoms with Crippen LogP contribution in [-0.2, 0) is 16.0 Å². The fraction of sp³-hybridized carbons (Fsp3) is 0.467. The number of ether oxygens (including phenoxy) is 1. The van der Waals surface area contributed by atoms with Crippen molar-refractivity contribution in [2.45, 2.75) is 32.2 Å². The Balaban J connectivity index is 2.35. The van der Waals surface area contributed by atoms with E-state index in [4.69, 9.17) is 9.84 Å². The summed E-state index contributed by atoms with van der Waals surface area (Å²) >= 11 is 0. The van der Waals surface area contributed by atoms with Crippen LogP contribution in [0.1, 0.15) is 35.7 Å². The van der Waals surface area contributed by atoms with Gasteiger partial charge in [0.25, 0.3) is 0 Å². The second-order valence-electron chi connectivity index (χ2n) is 4.75. The Kier molecular flexibility index (Phi) is 6.73. The molecule has 1 unspecified atom stereocenters. The van der Waals surface area contributed by atoms with Crippen molar-refractivity contribution in [1.82, 2.24) is 5.32 Å². The quantitative estimate of drug-likeness (QED) is 0.761. The summed E-state index contributed by atoms with van der Waals surface area (Å²) in [6.07, 6.45) is 1.78. The number of hydrogen-bond acceptors (Lipinski definition) is 3. The minimum absolute atomic E-state index is 0.00378. The first-order valence-corrected chi connectivity index (χ1v) is 6.63. The number of carbonyl (C=O) groups is 2. The van der Waals surface area contributed by atoms with Gasteiger partial charge in [0.15, 0.2) is 0 Å². The molecule has 0 aliphatic carbocycles. The van der Waals surface area contributed by atoms with E-state index in [9.17, 15) is 9.59 Å². The lowest BCUT2D eigenvalue weighted by molar-refractivity contribution is -0.121. The van der Waals surface area contributed by atoms with Crippen molar-refractivity contribution in [3.63, 3.8) is 0 Å². The predicted octanol–water partition coefficient (Wildman–Crippen LogP) is 1.86. The second-order valence-corrected chi connectivity index (χ2v) is 4.75. The summed E-state index contributed by atoms with van der Waals surface area (Å²) in [5.74, 6) is -0.947. The Morgan fingerprint density at radius 3 is 2.50 bits per heavy atom. The highest BCUT2D eigenvalue weighted by molar-refractivity contribution is 5.87. The number of methoxy groups -OCH3 is 1.